The SMILES string of the molecule is c1ccc(-c2c3cccc(-c4cccc5c4-c4ccccc4C54c5ccccc5Oc5ccccc54)c3cc3c(-c4cccc5c4-c4ccccc4C54c5ccccc5Oc5ccccc54)cccc23)cc1. The quantitative estimate of drug-likeness (QED) is 0.164. The van der Waals surface area contributed by atoms with Gasteiger partial charge in [-0.2, -0.15) is 0 Å². The molecule has 2 heterocycles. The van der Waals surface area contributed by atoms with Gasteiger partial charge in [0.2, 0.25) is 0 Å². The summed E-state index contributed by atoms with van der Waals surface area (Å²) in [7, 11) is 0. The first-order valence-electron chi connectivity index (χ1n) is 25.0. The fourth-order valence-electron chi connectivity index (χ4n) is 13.8. The predicted octanol–water partition coefficient (Wildman–Crippen LogP) is 17.9. The van der Waals surface area contributed by atoms with Crippen LogP contribution in [0, 0.1) is 0 Å². The summed E-state index contributed by atoms with van der Waals surface area (Å²) in [4.78, 5) is 0. The molecule has 72 heavy (non-hydrogen) atoms. The van der Waals surface area contributed by atoms with Crippen LogP contribution in [-0.4, -0.2) is 0 Å². The summed E-state index contributed by atoms with van der Waals surface area (Å²) in [6, 6.07) is 94.0. The third-order valence-corrected chi connectivity index (χ3v) is 16.4. The van der Waals surface area contributed by atoms with Gasteiger partial charge in [-0.05, 0) is 130 Å². The van der Waals surface area contributed by atoms with Crippen LogP contribution in [0.15, 0.2) is 255 Å². The predicted molar refractivity (Wildman–Crippen MR) is 293 cm³/mol. The molecule has 2 aliphatic carbocycles. The average Bonchev–Trinajstić information content (AvgIpc) is 3.91. The fourth-order valence-corrected chi connectivity index (χ4v) is 13.8. The molecule has 4 aliphatic rings. The van der Waals surface area contributed by atoms with E-state index in [0.29, 0.717) is 0 Å². The topological polar surface area (TPSA) is 18.5 Å². The van der Waals surface area contributed by atoms with Gasteiger partial charge in [0.05, 0.1) is 10.8 Å². The summed E-state index contributed by atoms with van der Waals surface area (Å²) < 4.78 is 13.4. The van der Waals surface area contributed by atoms with Crippen LogP contribution in [0.4, 0.5) is 0 Å². The molecular formula is C70H42O2. The molecule has 2 spiro atoms. The number of ether oxygens (including phenoxy) is 2. The van der Waals surface area contributed by atoms with Gasteiger partial charge in [-0.15, -0.1) is 0 Å². The molecule has 0 bridgehead atoms. The Morgan fingerprint density at radius 3 is 0.958 bits per heavy atom. The molecule has 0 aromatic heterocycles. The Morgan fingerprint density at radius 2 is 0.528 bits per heavy atom. The van der Waals surface area contributed by atoms with Crippen molar-refractivity contribution in [1.82, 2.24) is 0 Å². The highest BCUT2D eigenvalue weighted by molar-refractivity contribution is 6.20. The molecule has 0 saturated carbocycles. The van der Waals surface area contributed by atoms with Crippen LogP contribution in [0.3, 0.4) is 0 Å². The van der Waals surface area contributed by atoms with E-state index >= 15 is 0 Å². The molecule has 12 aromatic rings. The second-order valence-electron chi connectivity index (χ2n) is 19.7. The molecule has 0 saturated heterocycles. The fraction of sp³-hybridized carbons (Fsp3) is 0.0286. The Kier molecular flexibility index (Phi) is 8.05. The van der Waals surface area contributed by atoms with Crippen LogP contribution in [-0.2, 0) is 10.8 Å². The molecule has 334 valence electrons. The highest BCUT2D eigenvalue weighted by Crippen LogP contribution is 2.65. The van der Waals surface area contributed by atoms with E-state index < -0.39 is 10.8 Å². The molecular weight excluding hydrogens is 873 g/mol. The van der Waals surface area contributed by atoms with Crippen molar-refractivity contribution >= 4 is 21.5 Å². The van der Waals surface area contributed by atoms with Crippen LogP contribution in [0.5, 0.6) is 23.0 Å². The molecule has 16 rings (SSSR count). The molecule has 0 atom stereocenters. The summed E-state index contributed by atoms with van der Waals surface area (Å²) in [5, 5.41) is 4.88. The summed E-state index contributed by atoms with van der Waals surface area (Å²) in [6.07, 6.45) is 0. The Hall–Kier alpha value is -9.24. The van der Waals surface area contributed by atoms with Crippen molar-refractivity contribution in [3.63, 3.8) is 0 Å². The summed E-state index contributed by atoms with van der Waals surface area (Å²) in [5.41, 5.74) is 20.9. The number of hydrogen-bond donors (Lipinski definition) is 0. The Bertz CT molecular complexity index is 3950. The van der Waals surface area contributed by atoms with Gasteiger partial charge in [0.25, 0.3) is 0 Å². The molecule has 0 amide bonds. The lowest BCUT2D eigenvalue weighted by atomic mass is 9.66. The molecule has 0 N–H and O–H groups in total. The van der Waals surface area contributed by atoms with Gasteiger partial charge in [-0.25, -0.2) is 0 Å². The highest BCUT2D eigenvalue weighted by Gasteiger charge is 2.53. The molecule has 2 heteroatoms. The number of rotatable bonds is 3. The summed E-state index contributed by atoms with van der Waals surface area (Å²) >= 11 is 0. The van der Waals surface area contributed by atoms with Crippen molar-refractivity contribution in [1.29, 1.82) is 0 Å². The third-order valence-electron chi connectivity index (χ3n) is 16.4. The lowest BCUT2D eigenvalue weighted by molar-refractivity contribution is 0.436. The first-order chi connectivity index (χ1) is 35.7. The maximum atomic E-state index is 6.72. The molecule has 0 fully saturated rings. The Balaban J connectivity index is 0.999. The van der Waals surface area contributed by atoms with Gasteiger partial charge in [0.15, 0.2) is 0 Å². The van der Waals surface area contributed by atoms with Crippen LogP contribution >= 0.6 is 0 Å². The average molecular weight is 915 g/mol. The van der Waals surface area contributed by atoms with Crippen molar-refractivity contribution in [3.05, 3.63) is 299 Å². The molecule has 2 aliphatic heterocycles. The standard InChI is InChI=1S/C70H42O2/c1-2-20-43(21-3-1)66-48-26-16-24-44(46-28-18-36-60-67(46)50-22-4-6-30-54(50)69(60)56-32-8-12-38-62(56)71-63-39-13-9-33-57(63)69)52(48)42-53-45(25-17-27-49(53)66)47-29-19-37-61-68(47)51-23-5-7-31-55(51)70(61)58-34-10-14-40-64(58)72-65-41-15-11-35-59(65)70/h1-42H. The molecule has 2 nitrogen and oxygen atoms in total. The second-order valence-corrected chi connectivity index (χ2v) is 19.7. The van der Waals surface area contributed by atoms with Crippen molar-refractivity contribution < 1.29 is 9.47 Å². The van der Waals surface area contributed by atoms with Crippen LogP contribution in [0.2, 0.25) is 0 Å². The summed E-state index contributed by atoms with van der Waals surface area (Å²) in [5.74, 6) is 3.58. The lowest BCUT2D eigenvalue weighted by Crippen LogP contribution is -2.32. The first kappa shape index (κ1) is 39.6. The van der Waals surface area contributed by atoms with Crippen molar-refractivity contribution in [2.45, 2.75) is 10.8 Å². The van der Waals surface area contributed by atoms with E-state index in [4.69, 9.17) is 9.47 Å². The van der Waals surface area contributed by atoms with Crippen LogP contribution < -0.4 is 9.47 Å². The van der Waals surface area contributed by atoms with Gasteiger partial charge >= 0.3 is 0 Å². The smallest absolute Gasteiger partial charge is 0.132 e. The van der Waals surface area contributed by atoms with Crippen molar-refractivity contribution in [2.24, 2.45) is 0 Å². The van der Waals surface area contributed by atoms with E-state index in [1.165, 1.54) is 122 Å². The Morgan fingerprint density at radius 1 is 0.208 bits per heavy atom. The maximum absolute atomic E-state index is 6.72. The first-order valence-corrected chi connectivity index (χ1v) is 25.0. The van der Waals surface area contributed by atoms with E-state index in [2.05, 4.69) is 255 Å². The number of para-hydroxylation sites is 4. The zero-order valence-corrected chi connectivity index (χ0v) is 39.1. The van der Waals surface area contributed by atoms with E-state index in [0.717, 1.165) is 23.0 Å². The molecule has 0 radical (unpaired) electrons. The van der Waals surface area contributed by atoms with E-state index in [-0.39, 0.29) is 0 Å². The second kappa shape index (κ2) is 14.6. The van der Waals surface area contributed by atoms with Crippen LogP contribution in [0.25, 0.3) is 77.2 Å². The minimum Gasteiger partial charge on any atom is -0.457 e. The number of fused-ring (bicyclic) bond motifs is 20. The number of hydrogen-bond acceptors (Lipinski definition) is 2. The van der Waals surface area contributed by atoms with Gasteiger partial charge in [-0.1, -0.05) is 224 Å². The highest BCUT2D eigenvalue weighted by atomic mass is 16.5. The van der Waals surface area contributed by atoms with Gasteiger partial charge in [0, 0.05) is 22.3 Å². The molecule has 0 unspecified atom stereocenters. The maximum Gasteiger partial charge on any atom is 0.132 e. The van der Waals surface area contributed by atoms with Crippen molar-refractivity contribution in [2.75, 3.05) is 0 Å². The van der Waals surface area contributed by atoms with E-state index in [1.54, 1.807) is 0 Å². The van der Waals surface area contributed by atoms with E-state index in [1.807, 2.05) is 0 Å². The minimum absolute atomic E-state index is 0.570. The van der Waals surface area contributed by atoms with Crippen LogP contribution in [0.1, 0.15) is 44.5 Å². The normalized spacial score (nSPS) is 14.3. The Labute approximate surface area is 417 Å². The monoisotopic (exact) mass is 914 g/mol. The van der Waals surface area contributed by atoms with Gasteiger partial charge in [-0.3, -0.25) is 0 Å². The van der Waals surface area contributed by atoms with E-state index in [9.17, 15) is 0 Å². The van der Waals surface area contributed by atoms with Gasteiger partial charge in [0.1, 0.15) is 23.0 Å². The zero-order chi connectivity index (χ0) is 47.1. The van der Waals surface area contributed by atoms with Crippen molar-refractivity contribution in [3.8, 4) is 78.6 Å². The summed E-state index contributed by atoms with van der Waals surface area (Å²) in [6.45, 7) is 0. The third kappa shape index (κ3) is 4.98. The minimum atomic E-state index is -0.570. The number of benzene rings is 12. The largest absolute Gasteiger partial charge is 0.457 e. The zero-order valence-electron chi connectivity index (χ0n) is 39.1. The lowest BCUT2D eigenvalue weighted by Gasteiger charge is -2.39. The van der Waals surface area contributed by atoms with Gasteiger partial charge < -0.3 is 9.47 Å². The molecule has 12 aromatic carbocycles.